The summed E-state index contributed by atoms with van der Waals surface area (Å²) in [4.78, 5) is 19.2. The van der Waals surface area contributed by atoms with Crippen LogP contribution in [0.1, 0.15) is 23.0 Å². The number of thioether (sulfide) groups is 1. The Kier molecular flexibility index (Phi) is 4.39. The Morgan fingerprint density at radius 3 is 2.73 bits per heavy atom. The second kappa shape index (κ2) is 6.62. The number of benzene rings is 1. The predicted octanol–water partition coefficient (Wildman–Crippen LogP) is 3.34. The molecule has 6 heteroatoms. The standard InChI is InChI=1S/C16H16N4OS/c1-2-11-5-7-12(8-6-11)15-18-16(20-19-15)22-10-14(21)13-4-3-9-17-13/h3-9,17H,2,10H2,1H3,(H,18,19,20). The lowest BCUT2D eigenvalue weighted by Gasteiger charge is -1.98. The molecule has 3 aromatic rings. The minimum absolute atomic E-state index is 0.0358. The van der Waals surface area contributed by atoms with E-state index in [1.54, 1.807) is 12.3 Å². The molecule has 0 saturated carbocycles. The number of aryl methyl sites for hydroxylation is 1. The number of carbonyl (C=O) groups excluding carboxylic acids is 1. The molecular formula is C16H16N4OS. The van der Waals surface area contributed by atoms with Crippen LogP contribution in [0.25, 0.3) is 11.4 Å². The highest BCUT2D eigenvalue weighted by Gasteiger charge is 2.11. The molecule has 112 valence electrons. The van der Waals surface area contributed by atoms with Crippen molar-refractivity contribution in [3.63, 3.8) is 0 Å². The smallest absolute Gasteiger partial charge is 0.209 e. The van der Waals surface area contributed by atoms with Gasteiger partial charge in [0.1, 0.15) is 0 Å². The lowest BCUT2D eigenvalue weighted by atomic mass is 10.1. The zero-order chi connectivity index (χ0) is 15.4. The van der Waals surface area contributed by atoms with Gasteiger partial charge in [0.15, 0.2) is 11.6 Å². The average molecular weight is 312 g/mol. The molecule has 0 aliphatic heterocycles. The Morgan fingerprint density at radius 2 is 2.05 bits per heavy atom. The van der Waals surface area contributed by atoms with Crippen molar-refractivity contribution >= 4 is 17.5 Å². The Bertz CT molecular complexity index is 747. The topological polar surface area (TPSA) is 74.4 Å². The first-order valence-electron chi connectivity index (χ1n) is 7.07. The van der Waals surface area contributed by atoms with Crippen LogP contribution in [0.2, 0.25) is 0 Å². The predicted molar refractivity (Wildman–Crippen MR) is 87.0 cm³/mol. The van der Waals surface area contributed by atoms with Gasteiger partial charge >= 0.3 is 0 Å². The summed E-state index contributed by atoms with van der Waals surface area (Å²) in [5.41, 5.74) is 2.89. The summed E-state index contributed by atoms with van der Waals surface area (Å²) in [5, 5.41) is 7.65. The second-order valence-electron chi connectivity index (χ2n) is 4.81. The van der Waals surface area contributed by atoms with Gasteiger partial charge in [0.25, 0.3) is 0 Å². The molecule has 0 fully saturated rings. The van der Waals surface area contributed by atoms with Gasteiger partial charge in [0, 0.05) is 11.8 Å². The fourth-order valence-electron chi connectivity index (χ4n) is 2.05. The van der Waals surface area contributed by atoms with Gasteiger partial charge in [-0.3, -0.25) is 9.89 Å². The third kappa shape index (κ3) is 3.28. The van der Waals surface area contributed by atoms with Crippen LogP contribution in [0.15, 0.2) is 47.8 Å². The number of Topliss-reactive ketones (excluding diaryl/α,β-unsaturated/α-hetero) is 1. The summed E-state index contributed by atoms with van der Waals surface area (Å²) < 4.78 is 0. The molecule has 2 aromatic heterocycles. The number of hydrogen-bond donors (Lipinski definition) is 2. The molecule has 22 heavy (non-hydrogen) atoms. The minimum atomic E-state index is 0.0358. The normalized spacial score (nSPS) is 10.8. The van der Waals surface area contributed by atoms with Crippen LogP contribution in [-0.4, -0.2) is 31.7 Å². The monoisotopic (exact) mass is 312 g/mol. The highest BCUT2D eigenvalue weighted by molar-refractivity contribution is 7.99. The maximum Gasteiger partial charge on any atom is 0.209 e. The van der Waals surface area contributed by atoms with E-state index < -0.39 is 0 Å². The van der Waals surface area contributed by atoms with Gasteiger partial charge in [-0.15, -0.1) is 5.10 Å². The molecule has 0 amide bonds. The highest BCUT2D eigenvalue weighted by Crippen LogP contribution is 2.20. The van der Waals surface area contributed by atoms with E-state index in [1.807, 2.05) is 18.2 Å². The summed E-state index contributed by atoms with van der Waals surface area (Å²) in [6.45, 7) is 2.12. The van der Waals surface area contributed by atoms with Gasteiger partial charge in [0.05, 0.1) is 11.4 Å². The zero-order valence-corrected chi connectivity index (χ0v) is 13.0. The number of ketones is 1. The van der Waals surface area contributed by atoms with Crippen molar-refractivity contribution in [3.05, 3.63) is 53.9 Å². The number of aromatic nitrogens is 4. The van der Waals surface area contributed by atoms with Crippen LogP contribution in [0, 0.1) is 0 Å². The molecule has 1 aromatic carbocycles. The minimum Gasteiger partial charge on any atom is -0.359 e. The first-order valence-corrected chi connectivity index (χ1v) is 8.06. The number of hydrogen-bond acceptors (Lipinski definition) is 4. The number of H-pyrrole nitrogens is 2. The molecule has 0 spiro atoms. The molecule has 2 N–H and O–H groups in total. The first-order chi connectivity index (χ1) is 10.8. The molecule has 0 saturated heterocycles. The molecule has 0 aliphatic rings. The van der Waals surface area contributed by atoms with Crippen molar-refractivity contribution in [3.8, 4) is 11.4 Å². The summed E-state index contributed by atoms with van der Waals surface area (Å²) >= 11 is 1.33. The van der Waals surface area contributed by atoms with Gasteiger partial charge in [-0.1, -0.05) is 43.0 Å². The van der Waals surface area contributed by atoms with Crippen LogP contribution in [0.5, 0.6) is 0 Å². The average Bonchev–Trinajstić information content (AvgIpc) is 3.24. The lowest BCUT2D eigenvalue weighted by molar-refractivity contribution is 0.101. The largest absolute Gasteiger partial charge is 0.359 e. The van der Waals surface area contributed by atoms with Crippen molar-refractivity contribution < 1.29 is 4.79 Å². The van der Waals surface area contributed by atoms with Crippen LogP contribution < -0.4 is 0 Å². The molecule has 2 heterocycles. The van der Waals surface area contributed by atoms with Crippen molar-refractivity contribution in [1.82, 2.24) is 20.2 Å². The molecule has 3 rings (SSSR count). The SMILES string of the molecule is CCc1ccc(-c2nc(SCC(=O)c3ccc[nH]3)n[nH]2)cc1. The quantitative estimate of drug-likeness (QED) is 0.541. The van der Waals surface area contributed by atoms with E-state index in [0.717, 1.165) is 17.8 Å². The van der Waals surface area contributed by atoms with E-state index in [-0.39, 0.29) is 5.78 Å². The highest BCUT2D eigenvalue weighted by atomic mass is 32.2. The number of rotatable bonds is 6. The van der Waals surface area contributed by atoms with Crippen molar-refractivity contribution in [1.29, 1.82) is 0 Å². The number of nitrogens with one attached hydrogen (secondary N) is 2. The van der Waals surface area contributed by atoms with Gasteiger partial charge in [-0.05, 0) is 24.1 Å². The van der Waals surface area contributed by atoms with Crippen LogP contribution in [0.3, 0.4) is 0 Å². The zero-order valence-electron chi connectivity index (χ0n) is 12.2. The Morgan fingerprint density at radius 1 is 1.23 bits per heavy atom. The van der Waals surface area contributed by atoms with E-state index in [2.05, 4.69) is 39.2 Å². The van der Waals surface area contributed by atoms with Crippen LogP contribution in [0.4, 0.5) is 0 Å². The van der Waals surface area contributed by atoms with E-state index >= 15 is 0 Å². The van der Waals surface area contributed by atoms with E-state index in [9.17, 15) is 4.79 Å². The summed E-state index contributed by atoms with van der Waals surface area (Å²) in [6, 6.07) is 11.8. The molecule has 5 nitrogen and oxygen atoms in total. The fourth-order valence-corrected chi connectivity index (χ4v) is 2.73. The summed E-state index contributed by atoms with van der Waals surface area (Å²) in [5.74, 6) is 1.07. The van der Waals surface area contributed by atoms with Gasteiger partial charge in [-0.25, -0.2) is 4.98 Å². The number of carbonyl (C=O) groups is 1. The van der Waals surface area contributed by atoms with Crippen molar-refractivity contribution in [2.75, 3.05) is 5.75 Å². The fraction of sp³-hybridized carbons (Fsp3) is 0.188. The third-order valence-electron chi connectivity index (χ3n) is 3.33. The first kappa shape index (κ1) is 14.6. The van der Waals surface area contributed by atoms with Crippen molar-refractivity contribution in [2.45, 2.75) is 18.5 Å². The van der Waals surface area contributed by atoms with E-state index in [0.29, 0.717) is 16.6 Å². The van der Waals surface area contributed by atoms with Crippen LogP contribution in [-0.2, 0) is 6.42 Å². The van der Waals surface area contributed by atoms with Crippen molar-refractivity contribution in [2.24, 2.45) is 0 Å². The Balaban J connectivity index is 1.64. The van der Waals surface area contributed by atoms with Gasteiger partial charge in [0.2, 0.25) is 5.16 Å². The number of aromatic amines is 2. The molecule has 0 unspecified atom stereocenters. The Labute approximate surface area is 132 Å². The van der Waals surface area contributed by atoms with Gasteiger partial charge in [-0.2, -0.15) is 0 Å². The molecular weight excluding hydrogens is 296 g/mol. The molecule has 0 aliphatic carbocycles. The Hall–Kier alpha value is -2.34. The van der Waals surface area contributed by atoms with E-state index in [1.165, 1.54) is 17.3 Å². The summed E-state index contributed by atoms with van der Waals surface area (Å²) in [7, 11) is 0. The second-order valence-corrected chi connectivity index (χ2v) is 5.76. The lowest BCUT2D eigenvalue weighted by Crippen LogP contribution is -2.02. The molecule has 0 radical (unpaired) electrons. The third-order valence-corrected chi connectivity index (χ3v) is 4.18. The molecule has 0 atom stereocenters. The molecule has 0 bridgehead atoms. The van der Waals surface area contributed by atoms with Gasteiger partial charge < -0.3 is 4.98 Å². The van der Waals surface area contributed by atoms with E-state index in [4.69, 9.17) is 0 Å². The van der Waals surface area contributed by atoms with Crippen LogP contribution >= 0.6 is 11.8 Å². The maximum absolute atomic E-state index is 11.9. The maximum atomic E-state index is 11.9. The summed E-state index contributed by atoms with van der Waals surface area (Å²) in [6.07, 6.45) is 2.75. The number of nitrogens with zero attached hydrogens (tertiary/aromatic N) is 2.